The number of esters is 2. The largest absolute Gasteiger partial charge is 0.459 e. The van der Waals surface area contributed by atoms with Crippen LogP contribution in [0.15, 0.2) is 91.0 Å². The minimum Gasteiger partial charge on any atom is -0.459 e. The number of rotatable bonds is 9. The van der Waals surface area contributed by atoms with Crippen molar-refractivity contribution in [3.8, 4) is 0 Å². The number of nitrogens with one attached hydrogen (secondary N) is 1. The molecule has 1 N–H and O–H groups in total. The molecule has 3 aromatic rings. The molecule has 5 unspecified atom stereocenters. The van der Waals surface area contributed by atoms with Crippen LogP contribution >= 0.6 is 0 Å². The molecule has 0 bridgehead atoms. The van der Waals surface area contributed by atoms with Gasteiger partial charge >= 0.3 is 11.9 Å². The molecule has 1 aliphatic rings. The molecule has 0 spiro atoms. The van der Waals surface area contributed by atoms with E-state index in [1.807, 2.05) is 30.3 Å². The minimum absolute atomic E-state index is 0.0778. The van der Waals surface area contributed by atoms with Crippen molar-refractivity contribution in [2.24, 2.45) is 0 Å². The first-order valence-corrected chi connectivity index (χ1v) is 12.1. The Kier molecular flexibility index (Phi) is 9.18. The fraction of sp³-hybridized carbons (Fsp3) is 0.276. The highest BCUT2D eigenvalue weighted by Crippen LogP contribution is 2.29. The molecule has 38 heavy (non-hydrogen) atoms. The molecule has 1 fully saturated rings. The second-order valence-electron chi connectivity index (χ2n) is 8.71. The van der Waals surface area contributed by atoms with Gasteiger partial charge in [-0.15, -0.1) is 0 Å². The van der Waals surface area contributed by atoms with Crippen LogP contribution in [0.5, 0.6) is 0 Å². The number of ether oxygens (including phenoxy) is 4. The third kappa shape index (κ3) is 7.02. The summed E-state index contributed by atoms with van der Waals surface area (Å²) in [5.74, 6) is -1.93. The van der Waals surface area contributed by atoms with Gasteiger partial charge in [-0.3, -0.25) is 4.79 Å². The van der Waals surface area contributed by atoms with Gasteiger partial charge in [-0.25, -0.2) is 14.0 Å². The van der Waals surface area contributed by atoms with Crippen LogP contribution in [0.2, 0.25) is 0 Å². The van der Waals surface area contributed by atoms with Crippen molar-refractivity contribution >= 4 is 17.8 Å². The van der Waals surface area contributed by atoms with Crippen LogP contribution < -0.4 is 5.32 Å². The lowest BCUT2D eigenvalue weighted by atomic mass is 9.97. The summed E-state index contributed by atoms with van der Waals surface area (Å²) in [5.41, 5.74) is 1.31. The van der Waals surface area contributed by atoms with Crippen LogP contribution in [0.4, 0.5) is 4.39 Å². The zero-order valence-electron chi connectivity index (χ0n) is 20.7. The van der Waals surface area contributed by atoms with Gasteiger partial charge in [0.1, 0.15) is 18.8 Å². The SMILES string of the molecule is CC(=O)NC1C(OCc2ccccc2)OC(COC(=O)c2ccccc2)C(F)C1OC(=O)c1ccccc1. The van der Waals surface area contributed by atoms with Crippen molar-refractivity contribution in [2.45, 2.75) is 44.2 Å². The first-order valence-electron chi connectivity index (χ1n) is 12.1. The van der Waals surface area contributed by atoms with Gasteiger partial charge in [0.05, 0.1) is 17.7 Å². The van der Waals surface area contributed by atoms with Crippen LogP contribution in [0.1, 0.15) is 33.2 Å². The van der Waals surface area contributed by atoms with Crippen LogP contribution in [-0.2, 0) is 30.3 Å². The van der Waals surface area contributed by atoms with E-state index in [1.165, 1.54) is 19.1 Å². The molecule has 0 aromatic heterocycles. The lowest BCUT2D eigenvalue weighted by Gasteiger charge is -2.42. The summed E-state index contributed by atoms with van der Waals surface area (Å²) in [4.78, 5) is 37.4. The molecular formula is C29H28FNO7. The highest BCUT2D eigenvalue weighted by Gasteiger charge is 2.50. The van der Waals surface area contributed by atoms with Gasteiger partial charge in [0.25, 0.3) is 0 Å². The van der Waals surface area contributed by atoms with Gasteiger partial charge in [0.15, 0.2) is 18.6 Å². The Balaban J connectivity index is 1.56. The van der Waals surface area contributed by atoms with Crippen LogP contribution in [0, 0.1) is 0 Å². The highest BCUT2D eigenvalue weighted by molar-refractivity contribution is 5.90. The zero-order valence-corrected chi connectivity index (χ0v) is 20.7. The predicted molar refractivity (Wildman–Crippen MR) is 135 cm³/mol. The van der Waals surface area contributed by atoms with Gasteiger partial charge in [0, 0.05) is 6.92 Å². The van der Waals surface area contributed by atoms with Crippen molar-refractivity contribution in [3.05, 3.63) is 108 Å². The van der Waals surface area contributed by atoms with Crippen LogP contribution in [-0.4, -0.2) is 55.2 Å². The van der Waals surface area contributed by atoms with Crippen molar-refractivity contribution in [1.29, 1.82) is 0 Å². The molecule has 0 aliphatic carbocycles. The van der Waals surface area contributed by atoms with E-state index < -0.39 is 55.2 Å². The summed E-state index contributed by atoms with van der Waals surface area (Å²) in [7, 11) is 0. The van der Waals surface area contributed by atoms with E-state index in [1.54, 1.807) is 48.5 Å². The molecule has 0 saturated carbocycles. The summed E-state index contributed by atoms with van der Waals surface area (Å²) in [6.07, 6.45) is -5.97. The summed E-state index contributed by atoms with van der Waals surface area (Å²) in [5, 5.41) is 2.60. The number of halogens is 1. The minimum atomic E-state index is -1.94. The summed E-state index contributed by atoms with van der Waals surface area (Å²) < 4.78 is 38.6. The maximum Gasteiger partial charge on any atom is 0.338 e. The average Bonchev–Trinajstić information content (AvgIpc) is 2.95. The number of hydrogen-bond acceptors (Lipinski definition) is 7. The number of amides is 1. The molecule has 0 radical (unpaired) electrons. The Labute approximate surface area is 219 Å². The van der Waals surface area contributed by atoms with E-state index in [-0.39, 0.29) is 12.2 Å². The van der Waals surface area contributed by atoms with Gasteiger partial charge in [-0.1, -0.05) is 66.7 Å². The zero-order chi connectivity index (χ0) is 26.9. The Hall–Kier alpha value is -4.08. The molecule has 1 amide bonds. The van der Waals surface area contributed by atoms with E-state index in [2.05, 4.69) is 5.32 Å². The maximum atomic E-state index is 15.9. The lowest BCUT2D eigenvalue weighted by Crippen LogP contribution is -2.64. The van der Waals surface area contributed by atoms with E-state index in [0.29, 0.717) is 5.56 Å². The molecule has 3 aromatic carbocycles. The van der Waals surface area contributed by atoms with Crippen molar-refractivity contribution in [3.63, 3.8) is 0 Å². The molecular weight excluding hydrogens is 493 g/mol. The normalized spacial score (nSPS) is 22.7. The third-order valence-corrected chi connectivity index (χ3v) is 5.89. The smallest absolute Gasteiger partial charge is 0.338 e. The highest BCUT2D eigenvalue weighted by atomic mass is 19.1. The van der Waals surface area contributed by atoms with E-state index in [4.69, 9.17) is 18.9 Å². The Morgan fingerprint density at radius 2 is 1.39 bits per heavy atom. The third-order valence-electron chi connectivity index (χ3n) is 5.89. The molecule has 198 valence electrons. The van der Waals surface area contributed by atoms with Crippen molar-refractivity contribution < 1.29 is 37.7 Å². The standard InChI is InChI=1S/C29H28FNO7/c1-19(32)31-25-26(38-28(34)22-15-9-4-10-16-22)24(30)23(18-35-27(33)21-13-7-3-8-14-21)37-29(25)36-17-20-11-5-2-6-12-20/h2-16,23-26,29H,17-18H2,1H3,(H,31,32). The first kappa shape index (κ1) is 27.0. The molecule has 1 aliphatic heterocycles. The summed E-state index contributed by atoms with van der Waals surface area (Å²) >= 11 is 0. The fourth-order valence-corrected chi connectivity index (χ4v) is 4.03. The molecule has 1 heterocycles. The second-order valence-corrected chi connectivity index (χ2v) is 8.71. The lowest BCUT2D eigenvalue weighted by molar-refractivity contribution is -0.261. The molecule has 1 saturated heterocycles. The molecule has 4 rings (SSSR count). The Morgan fingerprint density at radius 3 is 1.97 bits per heavy atom. The monoisotopic (exact) mass is 521 g/mol. The topological polar surface area (TPSA) is 100 Å². The molecule has 8 nitrogen and oxygen atoms in total. The Morgan fingerprint density at radius 1 is 0.842 bits per heavy atom. The molecule has 5 atom stereocenters. The fourth-order valence-electron chi connectivity index (χ4n) is 4.03. The number of hydrogen-bond donors (Lipinski definition) is 1. The van der Waals surface area contributed by atoms with Crippen LogP contribution in [0.25, 0.3) is 0 Å². The van der Waals surface area contributed by atoms with Gasteiger partial charge in [-0.2, -0.15) is 0 Å². The number of alkyl halides is 1. The van der Waals surface area contributed by atoms with Crippen molar-refractivity contribution in [1.82, 2.24) is 5.32 Å². The number of carbonyl (C=O) groups is 3. The van der Waals surface area contributed by atoms with Gasteiger partial charge in [-0.05, 0) is 29.8 Å². The van der Waals surface area contributed by atoms with E-state index in [9.17, 15) is 14.4 Å². The van der Waals surface area contributed by atoms with E-state index >= 15 is 4.39 Å². The second kappa shape index (κ2) is 12.9. The summed E-state index contributed by atoms with van der Waals surface area (Å²) in [6.45, 7) is 0.867. The number of carbonyl (C=O) groups excluding carboxylic acids is 3. The molecule has 9 heteroatoms. The maximum absolute atomic E-state index is 15.9. The predicted octanol–water partition coefficient (Wildman–Crippen LogP) is 3.85. The van der Waals surface area contributed by atoms with Gasteiger partial charge in [0.2, 0.25) is 5.91 Å². The van der Waals surface area contributed by atoms with Crippen LogP contribution in [0.3, 0.4) is 0 Å². The van der Waals surface area contributed by atoms with E-state index in [0.717, 1.165) is 5.56 Å². The Bertz CT molecular complexity index is 1210. The van der Waals surface area contributed by atoms with Crippen molar-refractivity contribution in [2.75, 3.05) is 6.61 Å². The number of benzene rings is 3. The average molecular weight is 522 g/mol. The van der Waals surface area contributed by atoms with Gasteiger partial charge < -0.3 is 24.3 Å². The summed E-state index contributed by atoms with van der Waals surface area (Å²) in [6, 6.07) is 24.4. The first-order chi connectivity index (χ1) is 18.4. The quantitative estimate of drug-likeness (QED) is 0.427.